The first-order valence-electron chi connectivity index (χ1n) is 3.76. The van der Waals surface area contributed by atoms with E-state index in [1.165, 1.54) is 0 Å². The van der Waals surface area contributed by atoms with Gasteiger partial charge >= 0.3 is 0 Å². The molecule has 0 bridgehead atoms. The quantitative estimate of drug-likeness (QED) is 0.655. The fraction of sp³-hybridized carbons (Fsp3) is 0.375. The molecule has 1 N–H and O–H groups in total. The maximum absolute atomic E-state index is 8.93. The molecular weight excluding hydrogens is 158 g/mol. The van der Waals surface area contributed by atoms with Crippen molar-refractivity contribution in [3.05, 3.63) is 17.8 Å². The van der Waals surface area contributed by atoms with Gasteiger partial charge in [0, 0.05) is 11.8 Å². The summed E-state index contributed by atoms with van der Waals surface area (Å²) >= 11 is 0. The Hall–Kier alpha value is -1.29. The van der Waals surface area contributed by atoms with E-state index in [0.717, 1.165) is 5.56 Å². The van der Waals surface area contributed by atoms with Crippen molar-refractivity contribution in [1.82, 2.24) is 4.98 Å². The van der Waals surface area contributed by atoms with Crippen LogP contribution in [0, 0.1) is 0 Å². The topological polar surface area (TPSA) is 51.6 Å². The Morgan fingerprint density at radius 2 is 2.25 bits per heavy atom. The second kappa shape index (κ2) is 2.98. The fourth-order valence-corrected chi connectivity index (χ4v) is 1.13. The van der Waals surface area contributed by atoms with Crippen molar-refractivity contribution in [2.45, 2.75) is 6.61 Å². The van der Waals surface area contributed by atoms with Gasteiger partial charge in [0.15, 0.2) is 5.75 Å². The Balaban J connectivity index is 2.44. The van der Waals surface area contributed by atoms with Crippen LogP contribution in [-0.2, 0) is 6.61 Å². The Morgan fingerprint density at radius 1 is 1.42 bits per heavy atom. The standard InChI is InChI=1S/C8H9NO3/c10-5-6-1-2-9-8-7(6)11-3-4-12-8/h1-2,10H,3-5H2. The highest BCUT2D eigenvalue weighted by Crippen LogP contribution is 2.30. The summed E-state index contributed by atoms with van der Waals surface area (Å²) in [5.41, 5.74) is 0.722. The number of hydrogen-bond donors (Lipinski definition) is 1. The van der Waals surface area contributed by atoms with Gasteiger partial charge < -0.3 is 14.6 Å². The first kappa shape index (κ1) is 7.36. The summed E-state index contributed by atoms with van der Waals surface area (Å²) in [5.74, 6) is 1.05. The second-order valence-corrected chi connectivity index (χ2v) is 2.46. The van der Waals surface area contributed by atoms with Crippen molar-refractivity contribution in [2.75, 3.05) is 13.2 Å². The van der Waals surface area contributed by atoms with E-state index < -0.39 is 0 Å². The van der Waals surface area contributed by atoms with Gasteiger partial charge in [-0.1, -0.05) is 0 Å². The third kappa shape index (κ3) is 1.10. The summed E-state index contributed by atoms with van der Waals surface area (Å²) in [7, 11) is 0. The number of pyridine rings is 1. The van der Waals surface area contributed by atoms with Crippen molar-refractivity contribution < 1.29 is 14.6 Å². The Bertz CT molecular complexity index is 273. The molecule has 4 nitrogen and oxygen atoms in total. The van der Waals surface area contributed by atoms with E-state index in [-0.39, 0.29) is 6.61 Å². The Morgan fingerprint density at radius 3 is 3.08 bits per heavy atom. The number of aliphatic hydroxyl groups excluding tert-OH is 1. The molecule has 0 aliphatic carbocycles. The van der Waals surface area contributed by atoms with E-state index in [9.17, 15) is 0 Å². The number of nitrogens with zero attached hydrogens (tertiary/aromatic N) is 1. The largest absolute Gasteiger partial charge is 0.484 e. The van der Waals surface area contributed by atoms with Gasteiger partial charge in [0.2, 0.25) is 0 Å². The number of ether oxygens (including phenoxy) is 2. The first-order chi connectivity index (χ1) is 5.92. The van der Waals surface area contributed by atoms with Crippen LogP contribution in [0.15, 0.2) is 12.3 Å². The molecule has 0 saturated carbocycles. The molecule has 0 radical (unpaired) electrons. The zero-order chi connectivity index (χ0) is 8.39. The van der Waals surface area contributed by atoms with Crippen LogP contribution in [-0.4, -0.2) is 23.3 Å². The van der Waals surface area contributed by atoms with Crippen molar-refractivity contribution in [2.24, 2.45) is 0 Å². The maximum Gasteiger partial charge on any atom is 0.257 e. The number of rotatable bonds is 1. The lowest BCUT2D eigenvalue weighted by atomic mass is 10.2. The van der Waals surface area contributed by atoms with E-state index in [1.54, 1.807) is 12.3 Å². The lowest BCUT2D eigenvalue weighted by Crippen LogP contribution is -2.17. The van der Waals surface area contributed by atoms with Crippen LogP contribution in [0.25, 0.3) is 0 Å². The fourth-order valence-electron chi connectivity index (χ4n) is 1.13. The Labute approximate surface area is 69.8 Å². The average molecular weight is 167 g/mol. The van der Waals surface area contributed by atoms with Crippen LogP contribution in [0.3, 0.4) is 0 Å². The minimum Gasteiger partial charge on any atom is -0.484 e. The lowest BCUT2D eigenvalue weighted by Gasteiger charge is -2.18. The van der Waals surface area contributed by atoms with Crippen molar-refractivity contribution in [1.29, 1.82) is 0 Å². The van der Waals surface area contributed by atoms with Crippen molar-refractivity contribution in [3.63, 3.8) is 0 Å². The molecule has 2 rings (SSSR count). The van der Waals surface area contributed by atoms with Crippen LogP contribution >= 0.6 is 0 Å². The molecule has 1 aliphatic rings. The molecule has 1 aliphatic heterocycles. The highest BCUT2D eigenvalue weighted by atomic mass is 16.6. The molecule has 0 fully saturated rings. The summed E-state index contributed by atoms with van der Waals surface area (Å²) < 4.78 is 10.5. The Kier molecular flexibility index (Phi) is 1.83. The predicted molar refractivity (Wildman–Crippen MR) is 41.1 cm³/mol. The molecule has 0 amide bonds. The zero-order valence-electron chi connectivity index (χ0n) is 6.49. The van der Waals surface area contributed by atoms with E-state index in [2.05, 4.69) is 4.98 Å². The third-order valence-corrected chi connectivity index (χ3v) is 1.69. The maximum atomic E-state index is 8.93. The molecule has 12 heavy (non-hydrogen) atoms. The van der Waals surface area contributed by atoms with Crippen molar-refractivity contribution >= 4 is 0 Å². The normalized spacial score (nSPS) is 14.4. The summed E-state index contributed by atoms with van der Waals surface area (Å²) in [4.78, 5) is 3.97. The van der Waals surface area contributed by atoms with Crippen LogP contribution in [0.2, 0.25) is 0 Å². The number of aromatic nitrogens is 1. The summed E-state index contributed by atoms with van der Waals surface area (Å²) in [5, 5.41) is 8.93. The van der Waals surface area contributed by atoms with Crippen LogP contribution in [0.5, 0.6) is 11.6 Å². The van der Waals surface area contributed by atoms with Gasteiger partial charge in [0.25, 0.3) is 5.88 Å². The van der Waals surface area contributed by atoms with Gasteiger partial charge in [-0.05, 0) is 6.07 Å². The first-order valence-corrected chi connectivity index (χ1v) is 3.76. The van der Waals surface area contributed by atoms with Gasteiger partial charge in [-0.25, -0.2) is 4.98 Å². The van der Waals surface area contributed by atoms with E-state index in [0.29, 0.717) is 24.8 Å². The SMILES string of the molecule is OCc1ccnc2c1OCCO2. The van der Waals surface area contributed by atoms with Gasteiger partial charge in [-0.15, -0.1) is 0 Å². The monoisotopic (exact) mass is 167 g/mol. The molecule has 2 heterocycles. The molecule has 0 atom stereocenters. The third-order valence-electron chi connectivity index (χ3n) is 1.69. The molecule has 1 aromatic rings. The van der Waals surface area contributed by atoms with Crippen molar-refractivity contribution in [3.8, 4) is 11.6 Å². The van der Waals surface area contributed by atoms with Crippen LogP contribution in [0.4, 0.5) is 0 Å². The molecule has 0 unspecified atom stereocenters. The summed E-state index contributed by atoms with van der Waals surface area (Å²) in [6.07, 6.45) is 1.60. The molecule has 64 valence electrons. The summed E-state index contributed by atoms with van der Waals surface area (Å²) in [6.45, 7) is 0.995. The van der Waals surface area contributed by atoms with Gasteiger partial charge in [0.05, 0.1) is 6.61 Å². The minimum atomic E-state index is -0.0474. The molecule has 0 aromatic carbocycles. The van der Waals surface area contributed by atoms with Gasteiger partial charge in [-0.3, -0.25) is 0 Å². The minimum absolute atomic E-state index is 0.0474. The highest BCUT2D eigenvalue weighted by molar-refractivity contribution is 5.41. The molecular formula is C8H9NO3. The summed E-state index contributed by atoms with van der Waals surface area (Å²) in [6, 6.07) is 1.72. The average Bonchev–Trinajstić information content (AvgIpc) is 2.17. The van der Waals surface area contributed by atoms with E-state index >= 15 is 0 Å². The molecule has 1 aromatic heterocycles. The predicted octanol–water partition coefficient (Wildman–Crippen LogP) is 0.345. The smallest absolute Gasteiger partial charge is 0.257 e. The van der Waals surface area contributed by atoms with Gasteiger partial charge in [0.1, 0.15) is 13.2 Å². The van der Waals surface area contributed by atoms with Crippen LogP contribution in [0.1, 0.15) is 5.56 Å². The number of fused-ring (bicyclic) bond motifs is 1. The van der Waals surface area contributed by atoms with Gasteiger partial charge in [-0.2, -0.15) is 0 Å². The zero-order valence-corrected chi connectivity index (χ0v) is 6.49. The lowest BCUT2D eigenvalue weighted by molar-refractivity contribution is 0.158. The highest BCUT2D eigenvalue weighted by Gasteiger charge is 2.15. The van der Waals surface area contributed by atoms with Crippen LogP contribution < -0.4 is 9.47 Å². The second-order valence-electron chi connectivity index (χ2n) is 2.46. The van der Waals surface area contributed by atoms with E-state index in [1.807, 2.05) is 0 Å². The number of hydrogen-bond acceptors (Lipinski definition) is 4. The molecule has 0 spiro atoms. The molecule has 0 saturated heterocycles. The number of aliphatic hydroxyl groups is 1. The van der Waals surface area contributed by atoms with E-state index in [4.69, 9.17) is 14.6 Å². The molecule has 4 heteroatoms.